The Morgan fingerprint density at radius 1 is 1.16 bits per heavy atom. The van der Waals surface area contributed by atoms with Crippen LogP contribution in [0.5, 0.6) is 0 Å². The van der Waals surface area contributed by atoms with Gasteiger partial charge in [-0.2, -0.15) is 0 Å². The molecule has 0 aromatic rings. The summed E-state index contributed by atoms with van der Waals surface area (Å²) in [5.41, 5.74) is 0. The van der Waals surface area contributed by atoms with Crippen LogP contribution in [0.1, 0.15) is 48.0 Å². The van der Waals surface area contributed by atoms with E-state index < -0.39 is 0 Å². The van der Waals surface area contributed by atoms with E-state index in [9.17, 15) is 9.59 Å². The van der Waals surface area contributed by atoms with Crippen molar-refractivity contribution < 1.29 is 9.59 Å². The number of hydrogen-bond acceptors (Lipinski definition) is 2. The van der Waals surface area contributed by atoms with E-state index in [2.05, 4.69) is 26.1 Å². The Hall–Kier alpha value is -1.06. The van der Waals surface area contributed by atoms with Crippen LogP contribution in [-0.2, 0) is 9.59 Å². The van der Waals surface area contributed by atoms with Crippen LogP contribution in [0.15, 0.2) is 0 Å². The lowest BCUT2D eigenvalue weighted by molar-refractivity contribution is -0.151. The molecule has 0 saturated carbocycles. The predicted octanol–water partition coefficient (Wildman–Crippen LogP) is 2.04. The third-order valence-corrected chi connectivity index (χ3v) is 4.20. The van der Waals surface area contributed by atoms with Gasteiger partial charge in [0.05, 0.1) is 0 Å². The van der Waals surface area contributed by atoms with Gasteiger partial charge in [0.1, 0.15) is 12.1 Å². The van der Waals surface area contributed by atoms with Gasteiger partial charge >= 0.3 is 0 Å². The highest BCUT2D eigenvalue weighted by Crippen LogP contribution is 2.21. The van der Waals surface area contributed by atoms with Crippen LogP contribution in [0.4, 0.5) is 0 Å². The molecule has 1 rings (SSSR count). The molecule has 4 nitrogen and oxygen atoms in total. The predicted molar refractivity (Wildman–Crippen MR) is 76.6 cm³/mol. The van der Waals surface area contributed by atoms with Crippen molar-refractivity contribution in [1.82, 2.24) is 10.2 Å². The standard InChI is InChI=1S/C15H28N2O2/c1-7-12-14(18)16-13(10(4)5)15(19)17(12)8-11(6)9(2)3/h9-13H,7-8H2,1-6H3,(H,16,18). The van der Waals surface area contributed by atoms with Crippen LogP contribution in [-0.4, -0.2) is 35.3 Å². The molecule has 4 heteroatoms. The van der Waals surface area contributed by atoms with Gasteiger partial charge in [0.15, 0.2) is 0 Å². The highest BCUT2D eigenvalue weighted by atomic mass is 16.2. The molecule has 0 spiro atoms. The molecule has 1 N–H and O–H groups in total. The van der Waals surface area contributed by atoms with Gasteiger partial charge in [0, 0.05) is 6.54 Å². The average molecular weight is 268 g/mol. The molecule has 0 aliphatic carbocycles. The van der Waals surface area contributed by atoms with Crippen LogP contribution in [0.2, 0.25) is 0 Å². The number of nitrogens with zero attached hydrogens (tertiary/aromatic N) is 1. The first kappa shape index (κ1) is 16.0. The Morgan fingerprint density at radius 3 is 2.16 bits per heavy atom. The zero-order valence-electron chi connectivity index (χ0n) is 13.1. The van der Waals surface area contributed by atoms with E-state index in [1.54, 1.807) is 4.90 Å². The Morgan fingerprint density at radius 2 is 1.74 bits per heavy atom. The first-order chi connectivity index (χ1) is 8.79. The largest absolute Gasteiger partial charge is 0.342 e. The minimum absolute atomic E-state index is 0.00300. The SMILES string of the molecule is CCC1C(=O)NC(C(C)C)C(=O)N1CC(C)C(C)C. The number of piperazine rings is 1. The average Bonchev–Trinajstić information content (AvgIpc) is 2.32. The van der Waals surface area contributed by atoms with Crippen molar-refractivity contribution in [2.45, 2.75) is 60.0 Å². The second-order valence-electron chi connectivity index (χ2n) is 6.37. The molecule has 1 heterocycles. The second-order valence-corrected chi connectivity index (χ2v) is 6.37. The molecule has 2 amide bonds. The summed E-state index contributed by atoms with van der Waals surface area (Å²) < 4.78 is 0. The molecule has 0 radical (unpaired) electrons. The smallest absolute Gasteiger partial charge is 0.246 e. The summed E-state index contributed by atoms with van der Waals surface area (Å²) in [4.78, 5) is 26.5. The fourth-order valence-electron chi connectivity index (χ4n) is 2.38. The van der Waals surface area contributed by atoms with Crippen LogP contribution in [0.3, 0.4) is 0 Å². The molecule has 0 bridgehead atoms. The molecule has 1 aliphatic rings. The van der Waals surface area contributed by atoms with Gasteiger partial charge in [0.2, 0.25) is 11.8 Å². The first-order valence-electron chi connectivity index (χ1n) is 7.40. The van der Waals surface area contributed by atoms with E-state index in [-0.39, 0.29) is 29.8 Å². The van der Waals surface area contributed by atoms with Crippen LogP contribution >= 0.6 is 0 Å². The Bertz CT molecular complexity index is 339. The number of nitrogens with one attached hydrogen (secondary N) is 1. The Labute approximate surface area is 116 Å². The van der Waals surface area contributed by atoms with Gasteiger partial charge < -0.3 is 10.2 Å². The highest BCUT2D eigenvalue weighted by Gasteiger charge is 2.41. The monoisotopic (exact) mass is 268 g/mol. The van der Waals surface area contributed by atoms with Crippen molar-refractivity contribution in [3.05, 3.63) is 0 Å². The van der Waals surface area contributed by atoms with Crippen molar-refractivity contribution in [2.75, 3.05) is 6.54 Å². The molecular weight excluding hydrogens is 240 g/mol. The quantitative estimate of drug-likeness (QED) is 0.829. The summed E-state index contributed by atoms with van der Waals surface area (Å²) in [5.74, 6) is 1.11. The lowest BCUT2D eigenvalue weighted by atomic mass is 9.92. The van der Waals surface area contributed by atoms with E-state index in [4.69, 9.17) is 0 Å². The van der Waals surface area contributed by atoms with Crippen molar-refractivity contribution >= 4 is 11.8 Å². The maximum absolute atomic E-state index is 12.6. The molecule has 0 aromatic carbocycles. The zero-order valence-corrected chi connectivity index (χ0v) is 13.1. The number of carbonyl (C=O) groups is 2. The molecule has 0 aromatic heterocycles. The molecule has 1 saturated heterocycles. The zero-order chi connectivity index (χ0) is 14.7. The van der Waals surface area contributed by atoms with E-state index >= 15 is 0 Å². The van der Waals surface area contributed by atoms with Crippen molar-refractivity contribution in [3.8, 4) is 0 Å². The first-order valence-corrected chi connectivity index (χ1v) is 7.40. The normalized spacial score (nSPS) is 26.0. The second kappa shape index (κ2) is 6.40. The molecule has 3 unspecified atom stereocenters. The van der Waals surface area contributed by atoms with Gasteiger partial charge in [-0.25, -0.2) is 0 Å². The molecule has 1 aliphatic heterocycles. The molecular formula is C15H28N2O2. The minimum Gasteiger partial charge on any atom is -0.342 e. The van der Waals surface area contributed by atoms with Crippen molar-refractivity contribution in [3.63, 3.8) is 0 Å². The summed E-state index contributed by atoms with van der Waals surface area (Å²) in [6.07, 6.45) is 0.674. The maximum atomic E-state index is 12.6. The minimum atomic E-state index is -0.366. The summed E-state index contributed by atoms with van der Waals surface area (Å²) in [6, 6.07) is -0.668. The molecule has 3 atom stereocenters. The van der Waals surface area contributed by atoms with Crippen molar-refractivity contribution in [2.24, 2.45) is 17.8 Å². The van der Waals surface area contributed by atoms with Gasteiger partial charge in [-0.15, -0.1) is 0 Å². The maximum Gasteiger partial charge on any atom is 0.246 e. The van der Waals surface area contributed by atoms with E-state index in [0.29, 0.717) is 24.8 Å². The van der Waals surface area contributed by atoms with Crippen LogP contribution < -0.4 is 5.32 Å². The highest BCUT2D eigenvalue weighted by molar-refractivity contribution is 5.97. The van der Waals surface area contributed by atoms with Gasteiger partial charge in [0.25, 0.3) is 0 Å². The molecule has 19 heavy (non-hydrogen) atoms. The molecule has 110 valence electrons. The Kier molecular flexibility index (Phi) is 5.39. The van der Waals surface area contributed by atoms with Crippen molar-refractivity contribution in [1.29, 1.82) is 0 Å². The van der Waals surface area contributed by atoms with E-state index in [1.165, 1.54) is 0 Å². The van der Waals surface area contributed by atoms with Gasteiger partial charge in [-0.1, -0.05) is 41.5 Å². The van der Waals surface area contributed by atoms with Crippen LogP contribution in [0.25, 0.3) is 0 Å². The third kappa shape index (κ3) is 3.48. The topological polar surface area (TPSA) is 49.4 Å². The third-order valence-electron chi connectivity index (χ3n) is 4.20. The van der Waals surface area contributed by atoms with E-state index in [1.807, 2.05) is 20.8 Å². The van der Waals surface area contributed by atoms with E-state index in [0.717, 1.165) is 0 Å². The lowest BCUT2D eigenvalue weighted by Crippen LogP contribution is -2.65. The summed E-state index contributed by atoms with van der Waals surface area (Å²) in [5, 5.41) is 2.87. The van der Waals surface area contributed by atoms with Crippen LogP contribution in [0, 0.1) is 17.8 Å². The number of amides is 2. The number of rotatable bonds is 5. The summed E-state index contributed by atoms with van der Waals surface area (Å²) in [6.45, 7) is 13.0. The Balaban J connectivity index is 2.92. The van der Waals surface area contributed by atoms with Gasteiger partial charge in [-0.3, -0.25) is 9.59 Å². The number of hydrogen-bond donors (Lipinski definition) is 1. The summed E-state index contributed by atoms with van der Waals surface area (Å²) >= 11 is 0. The van der Waals surface area contributed by atoms with Gasteiger partial charge in [-0.05, 0) is 24.2 Å². The summed E-state index contributed by atoms with van der Waals surface area (Å²) in [7, 11) is 0. The molecule has 1 fully saturated rings. The number of carbonyl (C=O) groups excluding carboxylic acids is 2. The fourth-order valence-corrected chi connectivity index (χ4v) is 2.38. The fraction of sp³-hybridized carbons (Fsp3) is 0.867. The lowest BCUT2D eigenvalue weighted by Gasteiger charge is -2.41.